The second kappa shape index (κ2) is 10.3. The third-order valence-electron chi connectivity index (χ3n) is 6.59. The summed E-state index contributed by atoms with van der Waals surface area (Å²) in [6, 6.07) is 17.0. The van der Waals surface area contributed by atoms with Crippen molar-refractivity contribution in [1.82, 2.24) is 9.88 Å². The molecule has 2 aliphatic rings. The van der Waals surface area contributed by atoms with Gasteiger partial charge in [0.2, 0.25) is 5.89 Å². The summed E-state index contributed by atoms with van der Waals surface area (Å²) in [5.74, 6) is 1.54. The van der Waals surface area contributed by atoms with Crippen LogP contribution in [0.4, 0.5) is 4.39 Å². The molecular formula is C28H30FN3O. The minimum Gasteiger partial charge on any atom is -0.440 e. The topological polar surface area (TPSA) is 41.6 Å². The van der Waals surface area contributed by atoms with Crippen molar-refractivity contribution in [2.75, 3.05) is 26.2 Å². The molecule has 0 bridgehead atoms. The Kier molecular flexibility index (Phi) is 6.77. The molecular weight excluding hydrogens is 413 g/mol. The molecule has 33 heavy (non-hydrogen) atoms. The second-order valence-corrected chi connectivity index (χ2v) is 8.90. The molecule has 4 nitrogen and oxygen atoms in total. The summed E-state index contributed by atoms with van der Waals surface area (Å²) >= 11 is 0. The average Bonchev–Trinajstić information content (AvgIpc) is 3.12. The van der Waals surface area contributed by atoms with Crippen molar-refractivity contribution in [1.29, 1.82) is 0 Å². The van der Waals surface area contributed by atoms with Crippen LogP contribution in [-0.2, 0) is 6.42 Å². The monoisotopic (exact) mass is 443 g/mol. The van der Waals surface area contributed by atoms with Gasteiger partial charge in [0, 0.05) is 24.6 Å². The smallest absolute Gasteiger partial charge is 0.226 e. The maximum absolute atomic E-state index is 13.4. The quantitative estimate of drug-likeness (QED) is 0.466. The third-order valence-corrected chi connectivity index (χ3v) is 6.59. The number of nitrogens with zero attached hydrogens (tertiary/aromatic N) is 3. The van der Waals surface area contributed by atoms with Crippen LogP contribution in [0.15, 0.2) is 76.2 Å². The summed E-state index contributed by atoms with van der Waals surface area (Å²) in [6.45, 7) is 3.98. The molecule has 1 fully saturated rings. The first-order valence-electron chi connectivity index (χ1n) is 12.0. The van der Waals surface area contributed by atoms with Gasteiger partial charge < -0.3 is 9.32 Å². The second-order valence-electron chi connectivity index (χ2n) is 8.90. The van der Waals surface area contributed by atoms with Crippen molar-refractivity contribution in [2.24, 2.45) is 4.99 Å². The Labute approximate surface area is 194 Å². The van der Waals surface area contributed by atoms with E-state index in [2.05, 4.69) is 47.4 Å². The van der Waals surface area contributed by atoms with E-state index in [4.69, 9.17) is 14.4 Å². The van der Waals surface area contributed by atoms with Crippen LogP contribution >= 0.6 is 0 Å². The maximum Gasteiger partial charge on any atom is 0.226 e. The zero-order chi connectivity index (χ0) is 22.5. The van der Waals surface area contributed by atoms with Crippen molar-refractivity contribution in [3.8, 4) is 11.5 Å². The van der Waals surface area contributed by atoms with Crippen molar-refractivity contribution in [2.45, 2.75) is 38.0 Å². The molecule has 0 atom stereocenters. The Hall–Kier alpha value is -3.05. The molecule has 1 aromatic heterocycles. The Morgan fingerprint density at radius 3 is 2.58 bits per heavy atom. The number of piperidine rings is 1. The van der Waals surface area contributed by atoms with Crippen LogP contribution in [-0.4, -0.2) is 41.8 Å². The maximum atomic E-state index is 13.4. The van der Waals surface area contributed by atoms with Crippen molar-refractivity contribution < 1.29 is 8.81 Å². The summed E-state index contributed by atoms with van der Waals surface area (Å²) in [5.41, 5.74) is 3.95. The fourth-order valence-corrected chi connectivity index (χ4v) is 4.67. The van der Waals surface area contributed by atoms with E-state index >= 15 is 0 Å². The molecule has 0 N–H and O–H groups in total. The fraction of sp³-hybridized carbons (Fsp3) is 0.357. The largest absolute Gasteiger partial charge is 0.440 e. The summed E-state index contributed by atoms with van der Waals surface area (Å²) in [6.07, 6.45) is 9.50. The van der Waals surface area contributed by atoms with E-state index in [-0.39, 0.29) is 5.82 Å². The predicted octanol–water partition coefficient (Wildman–Crippen LogP) is 6.04. The lowest BCUT2D eigenvalue weighted by atomic mass is 9.92. The van der Waals surface area contributed by atoms with Crippen LogP contribution in [0.3, 0.4) is 0 Å². The number of benzene rings is 2. The third kappa shape index (κ3) is 5.31. The van der Waals surface area contributed by atoms with Crippen LogP contribution in [0.1, 0.15) is 48.6 Å². The number of aliphatic imine (C=N–C) groups is 1. The number of hydrogen-bond donors (Lipinski definition) is 0. The van der Waals surface area contributed by atoms with Gasteiger partial charge in [-0.25, -0.2) is 9.37 Å². The number of allylic oxidation sites excluding steroid dienone is 2. The number of hydrogen-bond acceptors (Lipinski definition) is 4. The molecule has 1 saturated heterocycles. The highest BCUT2D eigenvalue weighted by molar-refractivity contribution is 6.08. The number of oxazole rings is 1. The molecule has 5 rings (SSSR count). The first kappa shape index (κ1) is 21.8. The molecule has 2 aliphatic heterocycles. The highest BCUT2D eigenvalue weighted by Gasteiger charge is 2.29. The molecule has 0 amide bonds. The van der Waals surface area contributed by atoms with Crippen molar-refractivity contribution in [3.05, 3.63) is 89.6 Å². The molecule has 0 saturated carbocycles. The zero-order valence-electron chi connectivity index (χ0n) is 18.9. The number of likely N-dealkylation sites (tertiary alicyclic amines) is 1. The van der Waals surface area contributed by atoms with E-state index in [0.29, 0.717) is 11.8 Å². The van der Waals surface area contributed by atoms with Crippen LogP contribution in [0.5, 0.6) is 0 Å². The van der Waals surface area contributed by atoms with E-state index in [0.717, 1.165) is 81.0 Å². The van der Waals surface area contributed by atoms with E-state index in [1.54, 1.807) is 12.1 Å². The number of halogens is 1. The van der Waals surface area contributed by atoms with Gasteiger partial charge >= 0.3 is 0 Å². The Bertz CT molecular complexity index is 1110. The highest BCUT2D eigenvalue weighted by Crippen LogP contribution is 2.34. The fourth-order valence-electron chi connectivity index (χ4n) is 4.67. The van der Waals surface area contributed by atoms with Gasteiger partial charge in [0.15, 0.2) is 0 Å². The van der Waals surface area contributed by atoms with Crippen LogP contribution in [0, 0.1) is 5.82 Å². The first-order valence-corrected chi connectivity index (χ1v) is 12.0. The molecule has 2 aromatic carbocycles. The van der Waals surface area contributed by atoms with E-state index in [9.17, 15) is 4.39 Å². The molecule has 0 aliphatic carbocycles. The van der Waals surface area contributed by atoms with Gasteiger partial charge in [-0.15, -0.1) is 0 Å². The molecule has 170 valence electrons. The van der Waals surface area contributed by atoms with Crippen molar-refractivity contribution >= 4 is 5.71 Å². The van der Waals surface area contributed by atoms with E-state index < -0.39 is 0 Å². The molecule has 5 heteroatoms. The SMILES string of the molecule is Fc1ccc(-c2nc(C3=NCCCC=C3)c(C3CCN(CCc4ccccc4)CC3)o2)cc1. The van der Waals surface area contributed by atoms with Crippen molar-refractivity contribution in [3.63, 3.8) is 0 Å². The number of rotatable bonds is 6. The van der Waals surface area contributed by atoms with Gasteiger partial charge in [-0.2, -0.15) is 0 Å². The predicted molar refractivity (Wildman–Crippen MR) is 130 cm³/mol. The van der Waals surface area contributed by atoms with Crippen LogP contribution in [0.25, 0.3) is 11.5 Å². The van der Waals surface area contributed by atoms with Crippen LogP contribution < -0.4 is 0 Å². The van der Waals surface area contributed by atoms with Gasteiger partial charge in [-0.3, -0.25) is 4.99 Å². The van der Waals surface area contributed by atoms with Gasteiger partial charge in [0.05, 0.1) is 5.71 Å². The zero-order valence-corrected chi connectivity index (χ0v) is 18.9. The summed E-state index contributed by atoms with van der Waals surface area (Å²) in [5, 5.41) is 0. The lowest BCUT2D eigenvalue weighted by Gasteiger charge is -2.31. The van der Waals surface area contributed by atoms with E-state index in [1.165, 1.54) is 17.7 Å². The van der Waals surface area contributed by atoms with Crippen LogP contribution in [0.2, 0.25) is 0 Å². The Morgan fingerprint density at radius 1 is 1.00 bits per heavy atom. The Morgan fingerprint density at radius 2 is 1.79 bits per heavy atom. The Balaban J connectivity index is 1.34. The average molecular weight is 444 g/mol. The lowest BCUT2D eigenvalue weighted by molar-refractivity contribution is 0.205. The van der Waals surface area contributed by atoms with Gasteiger partial charge in [0.25, 0.3) is 0 Å². The molecule has 3 aromatic rings. The summed E-state index contributed by atoms with van der Waals surface area (Å²) < 4.78 is 19.8. The minimum absolute atomic E-state index is 0.260. The lowest BCUT2D eigenvalue weighted by Crippen LogP contribution is -2.34. The standard InChI is InChI=1S/C28H30FN3O/c29-24-12-10-23(11-13-24)28-31-26(25-9-5-2-6-17-30-25)27(33-28)22-15-19-32(20-16-22)18-14-21-7-3-1-4-8-21/h1,3-5,7-13,22H,2,6,14-20H2. The number of aromatic nitrogens is 1. The molecule has 3 heterocycles. The van der Waals surface area contributed by atoms with Gasteiger partial charge in [-0.05, 0) is 81.1 Å². The van der Waals surface area contributed by atoms with E-state index in [1.807, 2.05) is 0 Å². The molecule has 0 unspecified atom stereocenters. The molecule has 0 spiro atoms. The summed E-state index contributed by atoms with van der Waals surface area (Å²) in [7, 11) is 0. The molecule has 0 radical (unpaired) electrons. The highest BCUT2D eigenvalue weighted by atomic mass is 19.1. The minimum atomic E-state index is -0.260. The van der Waals surface area contributed by atoms with Gasteiger partial charge in [-0.1, -0.05) is 36.4 Å². The first-order chi connectivity index (χ1) is 16.3. The summed E-state index contributed by atoms with van der Waals surface area (Å²) in [4.78, 5) is 12.2. The van der Waals surface area contributed by atoms with Gasteiger partial charge in [0.1, 0.15) is 17.3 Å². The normalized spacial score (nSPS) is 17.7.